The van der Waals surface area contributed by atoms with Crippen LogP contribution < -0.4 is 10.1 Å². The lowest BCUT2D eigenvalue weighted by atomic mass is 10.2. The van der Waals surface area contributed by atoms with Crippen LogP contribution in [0.4, 0.5) is 23.2 Å². The fraction of sp³-hybridized carbons (Fsp3) is 0.176. The van der Waals surface area contributed by atoms with Crippen molar-refractivity contribution in [1.82, 2.24) is 0 Å². The molecule has 5 nitrogen and oxygen atoms in total. The Morgan fingerprint density at radius 3 is 2.23 bits per heavy atom. The molecule has 0 heterocycles. The van der Waals surface area contributed by atoms with E-state index in [0.29, 0.717) is 0 Å². The van der Waals surface area contributed by atoms with Crippen LogP contribution in [0, 0.1) is 5.82 Å². The third-order valence-electron chi connectivity index (χ3n) is 3.04. The number of halogens is 4. The normalized spacial score (nSPS) is 10.9. The molecule has 0 saturated carbocycles. The van der Waals surface area contributed by atoms with E-state index in [2.05, 4.69) is 10.1 Å². The summed E-state index contributed by atoms with van der Waals surface area (Å²) in [6, 6.07) is 9.20. The molecule has 0 aliphatic heterocycles. The molecule has 0 aromatic heterocycles. The molecule has 138 valence electrons. The maximum atomic E-state index is 13.3. The molecule has 0 fully saturated rings. The summed E-state index contributed by atoms with van der Waals surface area (Å²) in [5.41, 5.74) is -0.742. The molecule has 0 aliphatic rings. The van der Waals surface area contributed by atoms with Crippen molar-refractivity contribution < 1.29 is 36.6 Å². The zero-order valence-electron chi connectivity index (χ0n) is 13.2. The zero-order chi connectivity index (χ0) is 19.2. The minimum atomic E-state index is -4.48. The van der Waals surface area contributed by atoms with Crippen molar-refractivity contribution in [2.24, 2.45) is 0 Å². The SMILES string of the molecule is O=C(COC(=O)COc1ccccc1F)Nc1ccc(C(F)(F)F)cc1. The van der Waals surface area contributed by atoms with Crippen LogP contribution in [0.3, 0.4) is 0 Å². The molecule has 0 radical (unpaired) electrons. The Labute approximate surface area is 145 Å². The number of alkyl halides is 3. The van der Waals surface area contributed by atoms with Gasteiger partial charge in [-0.2, -0.15) is 13.2 Å². The van der Waals surface area contributed by atoms with Gasteiger partial charge in [0.05, 0.1) is 5.56 Å². The number of ether oxygens (including phenoxy) is 2. The molecule has 0 bridgehead atoms. The molecule has 0 saturated heterocycles. The minimum Gasteiger partial charge on any atom is -0.479 e. The third kappa shape index (κ3) is 5.76. The van der Waals surface area contributed by atoms with Gasteiger partial charge in [0.25, 0.3) is 5.91 Å². The summed E-state index contributed by atoms with van der Waals surface area (Å²) in [5, 5.41) is 2.27. The summed E-state index contributed by atoms with van der Waals surface area (Å²) < 4.78 is 60.1. The van der Waals surface area contributed by atoms with Crippen LogP contribution in [-0.2, 0) is 20.5 Å². The molecule has 1 amide bonds. The molecule has 0 spiro atoms. The molecule has 1 N–H and O–H groups in total. The van der Waals surface area contributed by atoms with Gasteiger partial charge < -0.3 is 14.8 Å². The summed E-state index contributed by atoms with van der Waals surface area (Å²) in [4.78, 5) is 23.1. The van der Waals surface area contributed by atoms with Crippen molar-refractivity contribution in [1.29, 1.82) is 0 Å². The molecular formula is C17H13F4NO4. The first kappa shape index (κ1) is 19.2. The van der Waals surface area contributed by atoms with Crippen LogP contribution >= 0.6 is 0 Å². The number of para-hydroxylation sites is 1. The van der Waals surface area contributed by atoms with Crippen LogP contribution in [-0.4, -0.2) is 25.1 Å². The Morgan fingerprint density at radius 1 is 0.962 bits per heavy atom. The third-order valence-corrected chi connectivity index (χ3v) is 3.04. The van der Waals surface area contributed by atoms with E-state index >= 15 is 0 Å². The van der Waals surface area contributed by atoms with Crippen molar-refractivity contribution >= 4 is 17.6 Å². The van der Waals surface area contributed by atoms with E-state index in [1.165, 1.54) is 18.2 Å². The van der Waals surface area contributed by atoms with Gasteiger partial charge in [0.2, 0.25) is 0 Å². The van der Waals surface area contributed by atoms with E-state index < -0.39 is 42.6 Å². The zero-order valence-corrected chi connectivity index (χ0v) is 13.2. The van der Waals surface area contributed by atoms with Crippen LogP contribution in [0.5, 0.6) is 5.75 Å². The minimum absolute atomic E-state index is 0.113. The fourth-order valence-electron chi connectivity index (χ4n) is 1.83. The number of benzene rings is 2. The summed E-state index contributed by atoms with van der Waals surface area (Å²) in [7, 11) is 0. The quantitative estimate of drug-likeness (QED) is 0.624. The largest absolute Gasteiger partial charge is 0.479 e. The monoisotopic (exact) mass is 371 g/mol. The van der Waals surface area contributed by atoms with Crippen LogP contribution in [0.1, 0.15) is 5.56 Å². The van der Waals surface area contributed by atoms with Gasteiger partial charge >= 0.3 is 12.1 Å². The lowest BCUT2D eigenvalue weighted by molar-refractivity contribution is -0.149. The number of rotatable bonds is 6. The molecular weight excluding hydrogens is 358 g/mol. The van der Waals surface area contributed by atoms with Crippen LogP contribution in [0.15, 0.2) is 48.5 Å². The number of esters is 1. The van der Waals surface area contributed by atoms with Crippen LogP contribution in [0.2, 0.25) is 0 Å². The van der Waals surface area contributed by atoms with E-state index in [0.717, 1.165) is 30.3 Å². The molecule has 2 aromatic carbocycles. The predicted octanol–water partition coefficient (Wildman–Crippen LogP) is 3.41. The maximum absolute atomic E-state index is 13.3. The molecule has 0 aliphatic carbocycles. The van der Waals surface area contributed by atoms with Gasteiger partial charge in [-0.1, -0.05) is 12.1 Å². The second-order valence-electron chi connectivity index (χ2n) is 5.00. The second kappa shape index (κ2) is 8.32. The lowest BCUT2D eigenvalue weighted by Crippen LogP contribution is -2.23. The Bertz CT molecular complexity index is 775. The summed E-state index contributed by atoms with van der Waals surface area (Å²) in [6.45, 7) is -1.27. The number of hydrogen-bond acceptors (Lipinski definition) is 4. The number of hydrogen-bond donors (Lipinski definition) is 1. The average Bonchev–Trinajstić information content (AvgIpc) is 2.59. The van der Waals surface area contributed by atoms with E-state index in [9.17, 15) is 27.2 Å². The second-order valence-corrected chi connectivity index (χ2v) is 5.00. The lowest BCUT2D eigenvalue weighted by Gasteiger charge is -2.09. The van der Waals surface area contributed by atoms with E-state index in [4.69, 9.17) is 4.74 Å². The fourth-order valence-corrected chi connectivity index (χ4v) is 1.83. The average molecular weight is 371 g/mol. The van der Waals surface area contributed by atoms with E-state index in [-0.39, 0.29) is 11.4 Å². The number of carbonyl (C=O) groups is 2. The van der Waals surface area contributed by atoms with Gasteiger partial charge in [-0.15, -0.1) is 0 Å². The van der Waals surface area contributed by atoms with Gasteiger partial charge in [0.1, 0.15) is 0 Å². The predicted molar refractivity (Wildman–Crippen MR) is 82.9 cm³/mol. The first-order chi connectivity index (χ1) is 12.3. The van der Waals surface area contributed by atoms with Gasteiger partial charge in [0, 0.05) is 5.69 Å². The molecule has 0 unspecified atom stereocenters. The van der Waals surface area contributed by atoms with Crippen LogP contribution in [0.25, 0.3) is 0 Å². The first-order valence-electron chi connectivity index (χ1n) is 7.26. The highest BCUT2D eigenvalue weighted by Gasteiger charge is 2.29. The first-order valence-corrected chi connectivity index (χ1v) is 7.26. The summed E-state index contributed by atoms with van der Waals surface area (Å²) >= 11 is 0. The summed E-state index contributed by atoms with van der Waals surface area (Å²) in [6.07, 6.45) is -4.48. The Hall–Kier alpha value is -3.10. The highest BCUT2D eigenvalue weighted by atomic mass is 19.4. The van der Waals surface area contributed by atoms with Gasteiger partial charge in [-0.25, -0.2) is 9.18 Å². The van der Waals surface area contributed by atoms with Gasteiger partial charge in [-0.3, -0.25) is 4.79 Å². The standard InChI is InChI=1S/C17H13F4NO4/c18-13-3-1-2-4-14(13)25-10-16(24)26-9-15(23)22-12-7-5-11(6-8-12)17(19,20)21/h1-8H,9-10H2,(H,22,23). The van der Waals surface area contributed by atoms with E-state index in [1.807, 2.05) is 0 Å². The molecule has 0 atom stereocenters. The molecule has 9 heteroatoms. The Kier molecular flexibility index (Phi) is 6.16. The Morgan fingerprint density at radius 2 is 1.62 bits per heavy atom. The summed E-state index contributed by atoms with van der Waals surface area (Å²) in [5.74, 6) is -2.45. The van der Waals surface area contributed by atoms with Crippen molar-refractivity contribution in [2.75, 3.05) is 18.5 Å². The Balaban J connectivity index is 1.76. The van der Waals surface area contributed by atoms with Crippen molar-refractivity contribution in [3.63, 3.8) is 0 Å². The topological polar surface area (TPSA) is 64.6 Å². The van der Waals surface area contributed by atoms with Crippen molar-refractivity contribution in [2.45, 2.75) is 6.18 Å². The maximum Gasteiger partial charge on any atom is 0.416 e. The van der Waals surface area contributed by atoms with Crippen molar-refractivity contribution in [3.8, 4) is 5.75 Å². The molecule has 2 aromatic rings. The molecule has 2 rings (SSSR count). The highest BCUT2D eigenvalue weighted by molar-refractivity contribution is 5.92. The van der Waals surface area contributed by atoms with E-state index in [1.54, 1.807) is 0 Å². The number of carbonyl (C=O) groups excluding carboxylic acids is 2. The highest BCUT2D eigenvalue weighted by Crippen LogP contribution is 2.29. The number of amides is 1. The molecule has 26 heavy (non-hydrogen) atoms. The van der Waals surface area contributed by atoms with Gasteiger partial charge in [0.15, 0.2) is 24.8 Å². The number of anilines is 1. The smallest absolute Gasteiger partial charge is 0.416 e. The van der Waals surface area contributed by atoms with Gasteiger partial charge in [-0.05, 0) is 36.4 Å². The van der Waals surface area contributed by atoms with Crippen molar-refractivity contribution in [3.05, 3.63) is 59.9 Å². The number of nitrogens with one attached hydrogen (secondary N) is 1.